The van der Waals surface area contributed by atoms with Crippen LogP contribution < -0.4 is 0 Å². The minimum atomic E-state index is 0.215. The zero-order valence-electron chi connectivity index (χ0n) is 6.01. The van der Waals surface area contributed by atoms with E-state index in [9.17, 15) is 0 Å². The molecule has 1 nitrogen and oxygen atoms in total. The van der Waals surface area contributed by atoms with Crippen LogP contribution in [-0.4, -0.2) is 16.2 Å². The van der Waals surface area contributed by atoms with Gasteiger partial charge in [0.2, 0.25) is 0 Å². The maximum absolute atomic E-state index is 5.18. The molecule has 0 N–H and O–H groups in total. The van der Waals surface area contributed by atoms with E-state index < -0.39 is 0 Å². The highest BCUT2D eigenvalue weighted by Crippen LogP contribution is 2.10. The van der Waals surface area contributed by atoms with Crippen molar-refractivity contribution in [2.75, 3.05) is 5.75 Å². The van der Waals surface area contributed by atoms with Gasteiger partial charge >= 0.3 is 0 Å². The van der Waals surface area contributed by atoms with E-state index in [0.717, 1.165) is 5.75 Å². The Morgan fingerprint density at radius 3 is 2.67 bits per heavy atom. The standard InChI is InChI=1S/C6H12OS2/c1-4-9-6(3)7-5(2)8/h6H,4H2,1-3H3. The number of hydrogen-bond acceptors (Lipinski definition) is 3. The molecule has 0 radical (unpaired) electrons. The number of ether oxygens (including phenoxy) is 1. The van der Waals surface area contributed by atoms with E-state index >= 15 is 0 Å². The lowest BCUT2D eigenvalue weighted by molar-refractivity contribution is 0.300. The molecule has 54 valence electrons. The lowest BCUT2D eigenvalue weighted by Gasteiger charge is -2.10. The second kappa shape index (κ2) is 5.06. The molecule has 0 spiro atoms. The van der Waals surface area contributed by atoms with Crippen LogP contribution in [0.3, 0.4) is 0 Å². The molecule has 0 saturated carbocycles. The summed E-state index contributed by atoms with van der Waals surface area (Å²) in [6.45, 7) is 5.90. The third-order valence-electron chi connectivity index (χ3n) is 0.733. The molecule has 0 aromatic carbocycles. The highest BCUT2D eigenvalue weighted by molar-refractivity contribution is 7.99. The Kier molecular flexibility index (Phi) is 5.19. The summed E-state index contributed by atoms with van der Waals surface area (Å²) in [4.78, 5) is 0. The molecule has 0 aliphatic heterocycles. The quantitative estimate of drug-likeness (QED) is 0.468. The Morgan fingerprint density at radius 2 is 2.33 bits per heavy atom. The monoisotopic (exact) mass is 164 g/mol. The molecule has 3 heteroatoms. The fraction of sp³-hybridized carbons (Fsp3) is 0.833. The Hall–Kier alpha value is 0.240. The van der Waals surface area contributed by atoms with Crippen molar-refractivity contribution in [3.8, 4) is 0 Å². The van der Waals surface area contributed by atoms with Crippen molar-refractivity contribution >= 4 is 29.0 Å². The fourth-order valence-electron chi connectivity index (χ4n) is 0.502. The maximum atomic E-state index is 5.18. The molecule has 1 unspecified atom stereocenters. The Bertz CT molecular complexity index is 93.1. The van der Waals surface area contributed by atoms with Gasteiger partial charge in [0.25, 0.3) is 0 Å². The highest BCUT2D eigenvalue weighted by Gasteiger charge is 1.99. The Morgan fingerprint density at radius 1 is 1.78 bits per heavy atom. The molecule has 1 atom stereocenters. The van der Waals surface area contributed by atoms with Gasteiger partial charge in [-0.05, 0) is 24.9 Å². The molecule has 0 heterocycles. The predicted molar refractivity (Wildman–Crippen MR) is 47.0 cm³/mol. The Labute approximate surface area is 66.2 Å². The van der Waals surface area contributed by atoms with E-state index in [4.69, 9.17) is 17.0 Å². The number of thioether (sulfide) groups is 1. The second-order valence-corrected chi connectivity index (χ2v) is 3.78. The van der Waals surface area contributed by atoms with E-state index in [-0.39, 0.29) is 5.44 Å². The van der Waals surface area contributed by atoms with Crippen LogP contribution in [0.4, 0.5) is 0 Å². The van der Waals surface area contributed by atoms with Crippen molar-refractivity contribution in [3.05, 3.63) is 0 Å². The van der Waals surface area contributed by atoms with Gasteiger partial charge in [0.05, 0.1) is 0 Å². The van der Waals surface area contributed by atoms with Crippen molar-refractivity contribution in [1.29, 1.82) is 0 Å². The fourth-order valence-corrected chi connectivity index (χ4v) is 1.39. The molecule has 0 bridgehead atoms. The van der Waals surface area contributed by atoms with Crippen LogP contribution in [0, 0.1) is 0 Å². The molecular weight excluding hydrogens is 152 g/mol. The number of hydrogen-bond donors (Lipinski definition) is 0. The van der Waals surface area contributed by atoms with Gasteiger partial charge in [-0.2, -0.15) is 0 Å². The summed E-state index contributed by atoms with van der Waals surface area (Å²) in [6.07, 6.45) is 0. The summed E-state index contributed by atoms with van der Waals surface area (Å²) < 4.78 is 5.18. The van der Waals surface area contributed by atoms with Crippen LogP contribution in [-0.2, 0) is 4.74 Å². The first-order valence-corrected chi connectivity index (χ1v) is 4.41. The van der Waals surface area contributed by atoms with Crippen molar-refractivity contribution in [1.82, 2.24) is 0 Å². The highest BCUT2D eigenvalue weighted by atomic mass is 32.2. The number of thiocarbonyl (C=S) groups is 1. The van der Waals surface area contributed by atoms with Gasteiger partial charge < -0.3 is 4.74 Å². The van der Waals surface area contributed by atoms with Gasteiger partial charge in [0.15, 0.2) is 5.05 Å². The smallest absolute Gasteiger partial charge is 0.158 e. The molecule has 0 aliphatic rings. The largest absolute Gasteiger partial charge is 0.474 e. The summed E-state index contributed by atoms with van der Waals surface area (Å²) in [7, 11) is 0. The van der Waals surface area contributed by atoms with E-state index in [1.165, 1.54) is 0 Å². The van der Waals surface area contributed by atoms with Gasteiger partial charge in [-0.3, -0.25) is 0 Å². The summed E-state index contributed by atoms with van der Waals surface area (Å²) in [5, 5.41) is 0.628. The molecule has 0 saturated heterocycles. The predicted octanol–water partition coefficient (Wildman–Crippen LogP) is 2.45. The van der Waals surface area contributed by atoms with Crippen molar-refractivity contribution < 1.29 is 4.74 Å². The van der Waals surface area contributed by atoms with E-state index in [1.54, 1.807) is 18.7 Å². The molecule has 0 fully saturated rings. The SMILES string of the molecule is CCSC(C)OC(C)=S. The van der Waals surface area contributed by atoms with E-state index in [1.807, 2.05) is 6.92 Å². The Balaban J connectivity index is 3.26. The van der Waals surface area contributed by atoms with Gasteiger partial charge in [-0.1, -0.05) is 6.92 Å². The van der Waals surface area contributed by atoms with Crippen molar-refractivity contribution in [2.24, 2.45) is 0 Å². The average Bonchev–Trinajstić information content (AvgIpc) is 1.63. The molecule has 0 aliphatic carbocycles. The second-order valence-electron chi connectivity index (χ2n) is 1.63. The van der Waals surface area contributed by atoms with Gasteiger partial charge in [-0.15, -0.1) is 11.8 Å². The zero-order chi connectivity index (χ0) is 7.28. The molecule has 9 heavy (non-hydrogen) atoms. The minimum Gasteiger partial charge on any atom is -0.474 e. The number of rotatable bonds is 3. The summed E-state index contributed by atoms with van der Waals surface area (Å²) in [6, 6.07) is 0. The van der Waals surface area contributed by atoms with Crippen LogP contribution in [0.2, 0.25) is 0 Å². The molecule has 0 amide bonds. The first-order chi connectivity index (χ1) is 4.16. The topological polar surface area (TPSA) is 9.23 Å². The zero-order valence-corrected chi connectivity index (χ0v) is 7.64. The lowest BCUT2D eigenvalue weighted by Crippen LogP contribution is -2.06. The summed E-state index contributed by atoms with van der Waals surface area (Å²) in [5.74, 6) is 1.07. The molecule has 0 aromatic rings. The normalized spacial score (nSPS) is 12.8. The van der Waals surface area contributed by atoms with Crippen molar-refractivity contribution in [3.63, 3.8) is 0 Å². The van der Waals surface area contributed by atoms with Gasteiger partial charge in [0.1, 0.15) is 5.44 Å². The molecular formula is C6H12OS2. The summed E-state index contributed by atoms with van der Waals surface area (Å²) in [5.41, 5.74) is 0.215. The summed E-state index contributed by atoms with van der Waals surface area (Å²) >= 11 is 6.50. The first-order valence-electron chi connectivity index (χ1n) is 2.95. The molecule has 0 rings (SSSR count). The van der Waals surface area contributed by atoms with Crippen LogP contribution in [0.1, 0.15) is 20.8 Å². The average molecular weight is 164 g/mol. The van der Waals surface area contributed by atoms with E-state index in [2.05, 4.69) is 6.92 Å². The lowest BCUT2D eigenvalue weighted by atomic mass is 10.8. The van der Waals surface area contributed by atoms with Crippen molar-refractivity contribution in [2.45, 2.75) is 26.2 Å². The van der Waals surface area contributed by atoms with Gasteiger partial charge in [0, 0.05) is 6.92 Å². The minimum absolute atomic E-state index is 0.215. The third kappa shape index (κ3) is 6.12. The van der Waals surface area contributed by atoms with Crippen LogP contribution in [0.5, 0.6) is 0 Å². The van der Waals surface area contributed by atoms with Gasteiger partial charge in [-0.25, -0.2) is 0 Å². The maximum Gasteiger partial charge on any atom is 0.158 e. The molecule has 0 aromatic heterocycles. The van der Waals surface area contributed by atoms with Crippen LogP contribution in [0.15, 0.2) is 0 Å². The third-order valence-corrected chi connectivity index (χ3v) is 1.73. The first kappa shape index (κ1) is 9.24. The van der Waals surface area contributed by atoms with Crippen LogP contribution in [0.25, 0.3) is 0 Å². The van der Waals surface area contributed by atoms with Crippen LogP contribution >= 0.6 is 24.0 Å². The van der Waals surface area contributed by atoms with E-state index in [0.29, 0.717) is 5.05 Å².